The molecular weight excluding hydrogens is 1210 g/mol. The molecule has 0 aliphatic heterocycles. The van der Waals surface area contributed by atoms with Gasteiger partial charge >= 0.3 is 6.36 Å². The van der Waals surface area contributed by atoms with Gasteiger partial charge in [-0.15, -0.1) is 13.2 Å². The molecule has 0 spiro atoms. The number of hydrogen-bond donors (Lipinski definition) is 3. The highest BCUT2D eigenvalue weighted by Gasteiger charge is 2.36. The molecule has 0 amide bonds. The normalized spacial score (nSPS) is 11.9. The third-order valence-electron chi connectivity index (χ3n) is 15.2. The molecule has 10 nitrogen and oxygen atoms in total. The number of aliphatic hydroxyl groups excluding tert-OH is 2. The molecule has 4 heterocycles. The number of rotatable bonds is 15. The highest BCUT2D eigenvalue weighted by atomic mass is 35.5. The van der Waals surface area contributed by atoms with Gasteiger partial charge in [0.05, 0.1) is 46.9 Å². The van der Waals surface area contributed by atoms with Crippen LogP contribution in [0.4, 0.5) is 22.0 Å². The summed E-state index contributed by atoms with van der Waals surface area (Å²) in [6.07, 6.45) is -3.38. The first-order valence-corrected chi connectivity index (χ1v) is 28.8. The molecule has 0 aliphatic rings. The van der Waals surface area contributed by atoms with E-state index in [1.807, 2.05) is 25.1 Å². The molecule has 1 atom stereocenters. The molecule has 4 aromatic heterocycles. The molecule has 18 heteroatoms. The van der Waals surface area contributed by atoms with Gasteiger partial charge in [-0.05, 0) is 86.0 Å². The van der Waals surface area contributed by atoms with Crippen LogP contribution in [0.15, 0.2) is 176 Å². The molecule has 11 rings (SSSR count). The van der Waals surface area contributed by atoms with Crippen LogP contribution in [0.1, 0.15) is 53.1 Å². The molecule has 0 bridgehead atoms. The molecule has 11 aromatic rings. The largest absolute Gasteiger partial charge is 0.573 e. The predicted octanol–water partition coefficient (Wildman–Crippen LogP) is 19.2. The van der Waals surface area contributed by atoms with E-state index in [4.69, 9.17) is 54.2 Å². The zero-order valence-electron chi connectivity index (χ0n) is 47.9. The smallest absolute Gasteiger partial charge is 0.504 e. The van der Waals surface area contributed by atoms with Crippen molar-refractivity contribution in [3.8, 4) is 129 Å². The van der Waals surface area contributed by atoms with Gasteiger partial charge in [0.1, 0.15) is 23.0 Å². The van der Waals surface area contributed by atoms with Gasteiger partial charge in [0.2, 0.25) is 0 Å². The van der Waals surface area contributed by atoms with Crippen LogP contribution in [0.2, 0.25) is 15.1 Å². The number of aromatic nitrogens is 4. The maximum atomic E-state index is 16.5. The number of carbonyl (C=O) groups is 1. The average molecular weight is 1260 g/mol. The van der Waals surface area contributed by atoms with Crippen LogP contribution in [-0.2, 0) is 6.61 Å². The number of nitrogens with zero attached hydrogens (tertiary/aromatic N) is 4. The van der Waals surface area contributed by atoms with Crippen molar-refractivity contribution in [2.45, 2.75) is 46.8 Å². The lowest BCUT2D eigenvalue weighted by molar-refractivity contribution is -0.274. The molecule has 3 N–H and O–H groups in total. The minimum Gasteiger partial charge on any atom is -0.504 e. The Morgan fingerprint density at radius 3 is 1.72 bits per heavy atom. The lowest BCUT2D eigenvalue weighted by Crippen LogP contribution is -2.18. The molecule has 0 saturated carbocycles. The summed E-state index contributed by atoms with van der Waals surface area (Å²) in [5.74, 6) is -3.60. The zero-order chi connectivity index (χ0) is 63.2. The highest BCUT2D eigenvalue weighted by molar-refractivity contribution is 6.38. The number of phenolic OH excluding ortho intramolecular Hbond substituents is 1. The minimum absolute atomic E-state index is 0.000281. The van der Waals surface area contributed by atoms with E-state index in [1.54, 1.807) is 98.0 Å². The molecule has 1 unspecified atom stereocenters. The van der Waals surface area contributed by atoms with Crippen LogP contribution < -0.4 is 9.47 Å². The van der Waals surface area contributed by atoms with Gasteiger partial charge < -0.3 is 24.8 Å². The van der Waals surface area contributed by atoms with Crippen molar-refractivity contribution >= 4 is 40.6 Å². The van der Waals surface area contributed by atoms with Gasteiger partial charge in [0.15, 0.2) is 17.3 Å². The standard InChI is InChI=1S/C71H50Cl3F5N4O6/c1-36-22-24-40(33-80-36)42-13-8-20-53(69(42)88-5)67-47(26-23-37(2)82-67)48-16-11-19-52(70(48)89-71(77,78)79)61-43(27-29-57(75)55(61)35-84)45-14-10-18-51(65(45)74)63-44(28-30-58(76)68(63)87)46-15-9-17-50(64(46)73)62-54(41-25-31-59(38(3)85)81-34-41)32-60(83-66(62)39(4)86)49-12-6-7-21-56(49)72/h6-34,39,84,86-87H,35H2,1-5H3. The van der Waals surface area contributed by atoms with Crippen molar-refractivity contribution in [3.63, 3.8) is 0 Å². The fourth-order valence-electron chi connectivity index (χ4n) is 11.1. The summed E-state index contributed by atoms with van der Waals surface area (Å²) in [5, 5.41) is 34.9. The molecule has 89 heavy (non-hydrogen) atoms. The van der Waals surface area contributed by atoms with E-state index < -0.39 is 47.8 Å². The van der Waals surface area contributed by atoms with Crippen molar-refractivity contribution in [1.82, 2.24) is 19.9 Å². The maximum Gasteiger partial charge on any atom is 0.573 e. The number of aliphatic hydroxyl groups is 2. The number of aryl methyl sites for hydroxylation is 2. The van der Waals surface area contributed by atoms with E-state index in [9.17, 15) is 20.1 Å². The van der Waals surface area contributed by atoms with Gasteiger partial charge in [0, 0.05) is 125 Å². The van der Waals surface area contributed by atoms with Crippen LogP contribution in [-0.4, -0.2) is 54.5 Å². The Morgan fingerprint density at radius 2 is 1.11 bits per heavy atom. The molecule has 0 radical (unpaired) electrons. The van der Waals surface area contributed by atoms with Crippen molar-refractivity contribution < 1.29 is 51.5 Å². The third kappa shape index (κ3) is 11.8. The number of alkyl halides is 3. The van der Waals surface area contributed by atoms with Crippen LogP contribution >= 0.6 is 34.8 Å². The van der Waals surface area contributed by atoms with Gasteiger partial charge in [0.25, 0.3) is 0 Å². The Balaban J connectivity index is 1.10. The second-order valence-corrected chi connectivity index (χ2v) is 22.0. The van der Waals surface area contributed by atoms with Crippen molar-refractivity contribution in [3.05, 3.63) is 231 Å². The van der Waals surface area contributed by atoms with Gasteiger partial charge in [-0.3, -0.25) is 19.7 Å². The van der Waals surface area contributed by atoms with Crippen LogP contribution in [0.3, 0.4) is 0 Å². The SMILES string of the molecule is COc1c(-c2ccc(C)nc2)cccc1-c1nc(C)ccc1-c1cccc(-c2c(-c3cccc(-c4c(-c5cccc(-c6c(-c7ccc(C(C)=O)nc7)cc(-c7ccccc7Cl)nc6C(C)O)c5Cl)ccc(F)c4O)c3Cl)ccc(F)c2CO)c1OC(F)(F)F. The molecule has 0 aliphatic carbocycles. The third-order valence-corrected chi connectivity index (χ3v) is 16.4. The number of methoxy groups -OCH3 is 1. The lowest BCUT2D eigenvalue weighted by atomic mass is 9.85. The molecule has 446 valence electrons. The number of carbonyl (C=O) groups excluding carboxylic acids is 1. The van der Waals surface area contributed by atoms with E-state index in [0.717, 1.165) is 17.8 Å². The second kappa shape index (κ2) is 25.0. The Kier molecular flexibility index (Phi) is 17.2. The summed E-state index contributed by atoms with van der Waals surface area (Å²) in [4.78, 5) is 31.1. The van der Waals surface area contributed by atoms with E-state index in [1.165, 1.54) is 75.7 Å². The number of phenols is 1. The number of Topliss-reactive ketones (excluding diaryl/α,β-unsaturated/α-hetero) is 1. The number of aromatic hydroxyl groups is 1. The first-order valence-electron chi connectivity index (χ1n) is 27.6. The fourth-order valence-corrected chi connectivity index (χ4v) is 12.0. The molecule has 0 fully saturated rings. The van der Waals surface area contributed by atoms with Gasteiger partial charge in [-0.25, -0.2) is 13.8 Å². The lowest BCUT2D eigenvalue weighted by Gasteiger charge is -2.24. The number of halogens is 8. The maximum absolute atomic E-state index is 16.5. The number of para-hydroxylation sites is 2. The Hall–Kier alpha value is -9.35. The van der Waals surface area contributed by atoms with Crippen LogP contribution in [0, 0.1) is 25.5 Å². The van der Waals surface area contributed by atoms with Crippen molar-refractivity contribution in [1.29, 1.82) is 0 Å². The molecule has 0 saturated heterocycles. The number of hydrogen-bond acceptors (Lipinski definition) is 10. The van der Waals surface area contributed by atoms with Crippen LogP contribution in [0.5, 0.6) is 17.2 Å². The Bertz CT molecular complexity index is 4600. The average Bonchev–Trinajstić information content (AvgIpc) is 1.03. The monoisotopic (exact) mass is 1250 g/mol. The van der Waals surface area contributed by atoms with E-state index in [-0.39, 0.29) is 88.5 Å². The summed E-state index contributed by atoms with van der Waals surface area (Å²) in [6.45, 7) is 5.48. The van der Waals surface area contributed by atoms with Gasteiger partial charge in [-0.1, -0.05) is 150 Å². The van der Waals surface area contributed by atoms with Crippen molar-refractivity contribution in [2.24, 2.45) is 0 Å². The number of pyridine rings is 4. The molecule has 7 aromatic carbocycles. The fraction of sp³-hybridized carbons (Fsp3) is 0.113. The summed E-state index contributed by atoms with van der Waals surface area (Å²) in [7, 11) is 1.47. The quantitative estimate of drug-likeness (QED) is 0.0669. The molecular formula is C71H50Cl3F5N4O6. The summed E-state index contributed by atoms with van der Waals surface area (Å²) < 4.78 is 89.2. The number of ether oxygens (including phenoxy) is 2. The van der Waals surface area contributed by atoms with E-state index in [2.05, 4.69) is 9.97 Å². The van der Waals surface area contributed by atoms with E-state index in [0.29, 0.717) is 66.7 Å². The van der Waals surface area contributed by atoms with E-state index >= 15 is 22.0 Å². The first kappa shape index (κ1) is 61.3. The first-order chi connectivity index (χ1) is 42.7. The predicted molar refractivity (Wildman–Crippen MR) is 338 cm³/mol. The number of benzene rings is 7. The van der Waals surface area contributed by atoms with Crippen molar-refractivity contribution in [2.75, 3.05) is 7.11 Å². The van der Waals surface area contributed by atoms with Crippen LogP contribution in [0.25, 0.3) is 112 Å². The minimum atomic E-state index is -5.34. The number of ketones is 1. The summed E-state index contributed by atoms with van der Waals surface area (Å²) in [5.41, 5.74) is 5.57. The Morgan fingerprint density at radius 1 is 0.562 bits per heavy atom. The topological polar surface area (TPSA) is 148 Å². The zero-order valence-corrected chi connectivity index (χ0v) is 50.2. The summed E-state index contributed by atoms with van der Waals surface area (Å²) in [6, 6.07) is 42.6. The summed E-state index contributed by atoms with van der Waals surface area (Å²) >= 11 is 21.8. The second-order valence-electron chi connectivity index (χ2n) is 20.9. The van der Waals surface area contributed by atoms with Gasteiger partial charge in [-0.2, -0.15) is 0 Å². The highest BCUT2D eigenvalue weighted by Crippen LogP contribution is 2.54. The Labute approximate surface area is 523 Å².